The Kier molecular flexibility index (Phi) is 4.15. The van der Waals surface area contributed by atoms with Gasteiger partial charge in [-0.3, -0.25) is 9.69 Å². The Morgan fingerprint density at radius 2 is 2.18 bits per heavy atom. The predicted molar refractivity (Wildman–Crippen MR) is 68.9 cm³/mol. The van der Waals surface area contributed by atoms with Gasteiger partial charge in [0, 0.05) is 13.1 Å². The summed E-state index contributed by atoms with van der Waals surface area (Å²) < 4.78 is 0. The number of benzene rings is 1. The van der Waals surface area contributed by atoms with Crippen molar-refractivity contribution in [1.29, 1.82) is 0 Å². The molecule has 1 aliphatic rings. The van der Waals surface area contributed by atoms with E-state index in [2.05, 4.69) is 34.5 Å². The lowest BCUT2D eigenvalue weighted by Crippen LogP contribution is -2.35. The maximum absolute atomic E-state index is 11.5. The number of likely N-dealkylation sites (tertiary alicyclic amines) is 1. The molecule has 1 saturated heterocycles. The van der Waals surface area contributed by atoms with Crippen molar-refractivity contribution in [2.24, 2.45) is 0 Å². The predicted octanol–water partition coefficient (Wildman–Crippen LogP) is 1.61. The molecule has 1 amide bonds. The quantitative estimate of drug-likeness (QED) is 0.855. The van der Waals surface area contributed by atoms with Crippen molar-refractivity contribution in [3.8, 4) is 0 Å². The normalized spacial score (nSPS) is 20.4. The zero-order valence-electron chi connectivity index (χ0n) is 10.4. The Bertz CT molecular complexity index is 364. The molecule has 0 bridgehead atoms. The summed E-state index contributed by atoms with van der Waals surface area (Å²) in [6.45, 7) is 5.23. The van der Waals surface area contributed by atoms with Crippen molar-refractivity contribution in [2.75, 3.05) is 26.2 Å². The van der Waals surface area contributed by atoms with Gasteiger partial charge in [0.1, 0.15) is 0 Å². The highest BCUT2D eigenvalue weighted by atomic mass is 16.2. The fourth-order valence-corrected chi connectivity index (χ4v) is 2.43. The number of nitrogens with one attached hydrogen (secondary N) is 1. The molecule has 1 aliphatic heterocycles. The van der Waals surface area contributed by atoms with Gasteiger partial charge in [0.15, 0.2) is 0 Å². The number of nitrogens with zero attached hydrogens (tertiary/aromatic N) is 1. The van der Waals surface area contributed by atoms with E-state index in [1.165, 1.54) is 5.56 Å². The molecule has 17 heavy (non-hydrogen) atoms. The van der Waals surface area contributed by atoms with Crippen molar-refractivity contribution in [3.63, 3.8) is 0 Å². The summed E-state index contributed by atoms with van der Waals surface area (Å²) in [4.78, 5) is 13.7. The first-order valence-electron chi connectivity index (χ1n) is 6.33. The number of amides is 1. The van der Waals surface area contributed by atoms with Crippen LogP contribution >= 0.6 is 0 Å². The molecular formula is C14H20N2O. The van der Waals surface area contributed by atoms with Crippen LogP contribution in [0.2, 0.25) is 0 Å². The second-order valence-corrected chi connectivity index (χ2v) is 4.58. The van der Waals surface area contributed by atoms with E-state index in [4.69, 9.17) is 0 Å². The van der Waals surface area contributed by atoms with Crippen LogP contribution in [0.3, 0.4) is 0 Å². The van der Waals surface area contributed by atoms with E-state index in [0.717, 1.165) is 26.1 Å². The molecular weight excluding hydrogens is 212 g/mol. The molecule has 1 aromatic rings. The Balaban J connectivity index is 1.86. The average molecular weight is 232 g/mol. The Hall–Kier alpha value is -1.35. The number of rotatable bonds is 4. The summed E-state index contributed by atoms with van der Waals surface area (Å²) in [7, 11) is 0. The van der Waals surface area contributed by atoms with Crippen LogP contribution in [0, 0.1) is 0 Å². The van der Waals surface area contributed by atoms with Gasteiger partial charge < -0.3 is 5.32 Å². The van der Waals surface area contributed by atoms with Crippen LogP contribution in [-0.4, -0.2) is 37.0 Å². The van der Waals surface area contributed by atoms with Gasteiger partial charge in [-0.05, 0) is 31.4 Å². The number of likely N-dealkylation sites (N-methyl/N-ethyl adjacent to an activating group) is 1. The lowest BCUT2D eigenvalue weighted by atomic mass is 9.99. The molecule has 0 aliphatic carbocycles. The topological polar surface area (TPSA) is 32.3 Å². The maximum Gasteiger partial charge on any atom is 0.234 e. The van der Waals surface area contributed by atoms with Gasteiger partial charge in [-0.25, -0.2) is 0 Å². The Morgan fingerprint density at radius 1 is 1.41 bits per heavy atom. The molecule has 0 saturated carbocycles. The minimum absolute atomic E-state index is 0.140. The van der Waals surface area contributed by atoms with Crippen molar-refractivity contribution < 1.29 is 4.79 Å². The summed E-state index contributed by atoms with van der Waals surface area (Å²) in [5, 5.41) is 2.85. The minimum Gasteiger partial charge on any atom is -0.355 e. The van der Waals surface area contributed by atoms with Crippen LogP contribution < -0.4 is 5.32 Å². The summed E-state index contributed by atoms with van der Waals surface area (Å²) in [5.74, 6) is 0.729. The molecule has 3 nitrogen and oxygen atoms in total. The van der Waals surface area contributed by atoms with Crippen LogP contribution in [-0.2, 0) is 4.79 Å². The van der Waals surface area contributed by atoms with Gasteiger partial charge in [-0.2, -0.15) is 0 Å². The second-order valence-electron chi connectivity index (χ2n) is 4.58. The monoisotopic (exact) mass is 232 g/mol. The van der Waals surface area contributed by atoms with Gasteiger partial charge in [0.2, 0.25) is 5.91 Å². The third kappa shape index (κ3) is 3.30. The summed E-state index contributed by atoms with van der Waals surface area (Å²) in [6, 6.07) is 10.6. The van der Waals surface area contributed by atoms with E-state index in [-0.39, 0.29) is 5.91 Å². The molecule has 1 fully saturated rings. The molecule has 1 heterocycles. The van der Waals surface area contributed by atoms with E-state index in [0.29, 0.717) is 12.5 Å². The highest BCUT2D eigenvalue weighted by molar-refractivity contribution is 5.77. The van der Waals surface area contributed by atoms with E-state index < -0.39 is 0 Å². The molecule has 0 aromatic heterocycles. The molecule has 92 valence electrons. The highest BCUT2D eigenvalue weighted by Crippen LogP contribution is 2.26. The van der Waals surface area contributed by atoms with Crippen molar-refractivity contribution >= 4 is 5.91 Å². The fraction of sp³-hybridized carbons (Fsp3) is 0.500. The van der Waals surface area contributed by atoms with Gasteiger partial charge in [-0.15, -0.1) is 0 Å². The van der Waals surface area contributed by atoms with Gasteiger partial charge >= 0.3 is 0 Å². The number of hydrogen-bond acceptors (Lipinski definition) is 2. The first kappa shape index (κ1) is 12.1. The van der Waals surface area contributed by atoms with Gasteiger partial charge in [-0.1, -0.05) is 30.3 Å². The summed E-state index contributed by atoms with van der Waals surface area (Å²) >= 11 is 0. The van der Waals surface area contributed by atoms with Crippen LogP contribution in [0.15, 0.2) is 30.3 Å². The molecule has 1 unspecified atom stereocenters. The van der Waals surface area contributed by atoms with Crippen molar-refractivity contribution in [2.45, 2.75) is 19.3 Å². The van der Waals surface area contributed by atoms with E-state index >= 15 is 0 Å². The Morgan fingerprint density at radius 3 is 2.88 bits per heavy atom. The molecule has 0 radical (unpaired) electrons. The van der Waals surface area contributed by atoms with Crippen molar-refractivity contribution in [1.82, 2.24) is 10.2 Å². The summed E-state index contributed by atoms with van der Waals surface area (Å²) in [6.07, 6.45) is 1.16. The lowest BCUT2D eigenvalue weighted by Gasteiger charge is -2.15. The molecule has 0 spiro atoms. The third-order valence-electron chi connectivity index (χ3n) is 3.28. The minimum atomic E-state index is 0.140. The van der Waals surface area contributed by atoms with Gasteiger partial charge in [0.05, 0.1) is 6.54 Å². The van der Waals surface area contributed by atoms with Crippen LogP contribution in [0.1, 0.15) is 24.8 Å². The SMILES string of the molecule is CCNC(=O)CN1CCC(c2ccccc2)C1. The summed E-state index contributed by atoms with van der Waals surface area (Å²) in [5.41, 5.74) is 1.39. The fourth-order valence-electron chi connectivity index (χ4n) is 2.43. The number of carbonyl (C=O) groups excluding carboxylic acids is 1. The highest BCUT2D eigenvalue weighted by Gasteiger charge is 2.24. The first-order chi connectivity index (χ1) is 8.29. The first-order valence-corrected chi connectivity index (χ1v) is 6.33. The second kappa shape index (κ2) is 5.82. The van der Waals surface area contributed by atoms with E-state index in [9.17, 15) is 4.79 Å². The van der Waals surface area contributed by atoms with Crippen LogP contribution in [0.25, 0.3) is 0 Å². The lowest BCUT2D eigenvalue weighted by molar-refractivity contribution is -0.121. The van der Waals surface area contributed by atoms with E-state index in [1.54, 1.807) is 0 Å². The van der Waals surface area contributed by atoms with Crippen molar-refractivity contribution in [3.05, 3.63) is 35.9 Å². The largest absolute Gasteiger partial charge is 0.355 e. The van der Waals surface area contributed by atoms with E-state index in [1.807, 2.05) is 13.0 Å². The molecule has 2 rings (SSSR count). The average Bonchev–Trinajstić information content (AvgIpc) is 2.79. The molecule has 3 heteroatoms. The number of hydrogen-bond donors (Lipinski definition) is 1. The number of carbonyl (C=O) groups is 1. The zero-order valence-corrected chi connectivity index (χ0v) is 10.4. The molecule has 1 atom stereocenters. The smallest absolute Gasteiger partial charge is 0.234 e. The maximum atomic E-state index is 11.5. The third-order valence-corrected chi connectivity index (χ3v) is 3.28. The standard InChI is InChI=1S/C14H20N2O/c1-2-15-14(17)11-16-9-8-13(10-16)12-6-4-3-5-7-12/h3-7,13H,2,8-11H2,1H3,(H,15,17). The van der Waals surface area contributed by atoms with Crippen LogP contribution in [0.4, 0.5) is 0 Å². The van der Waals surface area contributed by atoms with Gasteiger partial charge in [0.25, 0.3) is 0 Å². The zero-order chi connectivity index (χ0) is 12.1. The Labute approximate surface area is 103 Å². The molecule has 1 aromatic carbocycles. The van der Waals surface area contributed by atoms with Crippen LogP contribution in [0.5, 0.6) is 0 Å². The molecule has 1 N–H and O–H groups in total.